The fourth-order valence-electron chi connectivity index (χ4n) is 3.04. The lowest BCUT2D eigenvalue weighted by atomic mass is 9.93. The highest BCUT2D eigenvalue weighted by Crippen LogP contribution is 2.38. The molecule has 1 atom stereocenters. The summed E-state index contributed by atoms with van der Waals surface area (Å²) in [5, 5.41) is 4.22. The van der Waals surface area contributed by atoms with Gasteiger partial charge in [-0.25, -0.2) is 0 Å². The molecule has 5 heteroatoms. The Balaban J connectivity index is 2.24. The van der Waals surface area contributed by atoms with Gasteiger partial charge in [0.1, 0.15) is 5.60 Å². The standard InChI is InChI=1S/C15H27N3O2/c1-3-12(11-16)13-17-14(18-20-13)15(19-4-2)9-7-5-6-8-10-15/h12H,3-11,16H2,1-2H3. The lowest BCUT2D eigenvalue weighted by Gasteiger charge is -2.29. The van der Waals surface area contributed by atoms with Gasteiger partial charge in [0.15, 0.2) is 0 Å². The first-order chi connectivity index (χ1) is 9.75. The van der Waals surface area contributed by atoms with Gasteiger partial charge in [-0.1, -0.05) is 37.8 Å². The predicted octanol–water partition coefficient (Wildman–Crippen LogP) is 3.11. The monoisotopic (exact) mass is 281 g/mol. The molecule has 114 valence electrons. The van der Waals surface area contributed by atoms with Crippen LogP contribution in [0.4, 0.5) is 0 Å². The Bertz CT molecular complexity index is 394. The molecule has 0 aromatic carbocycles. The molecule has 2 N–H and O–H groups in total. The Kier molecular flexibility index (Phi) is 5.54. The minimum atomic E-state index is -0.347. The Morgan fingerprint density at radius 2 is 1.95 bits per heavy atom. The van der Waals surface area contributed by atoms with Crippen LogP contribution in [0.15, 0.2) is 4.52 Å². The minimum absolute atomic E-state index is 0.153. The van der Waals surface area contributed by atoms with Crippen molar-refractivity contribution in [1.29, 1.82) is 0 Å². The SMILES string of the molecule is CCOC1(c2noc(C(CC)CN)n2)CCCCCC1. The Morgan fingerprint density at radius 1 is 1.25 bits per heavy atom. The van der Waals surface area contributed by atoms with Gasteiger partial charge in [0.25, 0.3) is 0 Å². The summed E-state index contributed by atoms with van der Waals surface area (Å²) >= 11 is 0. The highest BCUT2D eigenvalue weighted by molar-refractivity contribution is 5.05. The van der Waals surface area contributed by atoms with Gasteiger partial charge in [0.2, 0.25) is 11.7 Å². The summed E-state index contributed by atoms with van der Waals surface area (Å²) in [5.41, 5.74) is 5.41. The molecule has 1 unspecified atom stereocenters. The van der Waals surface area contributed by atoms with Crippen molar-refractivity contribution in [2.24, 2.45) is 5.73 Å². The van der Waals surface area contributed by atoms with Crippen LogP contribution in [0.3, 0.4) is 0 Å². The number of hydrogen-bond donors (Lipinski definition) is 1. The second-order valence-electron chi connectivity index (χ2n) is 5.64. The van der Waals surface area contributed by atoms with E-state index >= 15 is 0 Å². The third-order valence-electron chi connectivity index (χ3n) is 4.31. The summed E-state index contributed by atoms with van der Waals surface area (Å²) in [6.45, 7) is 5.34. The average Bonchev–Trinajstić information content (AvgIpc) is 2.82. The quantitative estimate of drug-likeness (QED) is 0.811. The molecule has 20 heavy (non-hydrogen) atoms. The molecule has 1 aromatic rings. The number of ether oxygens (including phenoxy) is 1. The molecule has 0 amide bonds. The number of rotatable bonds is 6. The molecule has 1 saturated carbocycles. The molecule has 1 heterocycles. The first-order valence-electron chi connectivity index (χ1n) is 7.94. The summed E-state index contributed by atoms with van der Waals surface area (Å²) in [5.74, 6) is 1.54. The van der Waals surface area contributed by atoms with Crippen molar-refractivity contribution in [3.05, 3.63) is 11.7 Å². The van der Waals surface area contributed by atoms with Crippen LogP contribution in [0.1, 0.15) is 76.4 Å². The van der Waals surface area contributed by atoms with E-state index in [1.807, 2.05) is 6.92 Å². The second kappa shape index (κ2) is 7.18. The van der Waals surface area contributed by atoms with E-state index in [-0.39, 0.29) is 11.5 Å². The zero-order chi connectivity index (χ0) is 14.4. The average molecular weight is 281 g/mol. The van der Waals surface area contributed by atoms with Gasteiger partial charge in [-0.15, -0.1) is 0 Å². The summed E-state index contributed by atoms with van der Waals surface area (Å²) in [6.07, 6.45) is 7.74. The molecule has 1 fully saturated rings. The highest BCUT2D eigenvalue weighted by Gasteiger charge is 2.38. The summed E-state index contributed by atoms with van der Waals surface area (Å²) in [7, 11) is 0. The molecular weight excluding hydrogens is 254 g/mol. The van der Waals surface area contributed by atoms with Crippen molar-refractivity contribution in [3.63, 3.8) is 0 Å². The van der Waals surface area contributed by atoms with Crippen molar-refractivity contribution in [2.45, 2.75) is 70.3 Å². The zero-order valence-corrected chi connectivity index (χ0v) is 12.7. The number of aromatic nitrogens is 2. The lowest BCUT2D eigenvalue weighted by Crippen LogP contribution is -2.31. The van der Waals surface area contributed by atoms with Crippen LogP contribution < -0.4 is 5.73 Å². The maximum absolute atomic E-state index is 6.08. The minimum Gasteiger partial charge on any atom is -0.367 e. The van der Waals surface area contributed by atoms with Crippen molar-refractivity contribution in [3.8, 4) is 0 Å². The largest absolute Gasteiger partial charge is 0.367 e. The van der Waals surface area contributed by atoms with Crippen LogP contribution in [-0.4, -0.2) is 23.3 Å². The summed E-state index contributed by atoms with van der Waals surface area (Å²) in [4.78, 5) is 4.63. The van der Waals surface area contributed by atoms with E-state index < -0.39 is 0 Å². The first-order valence-corrected chi connectivity index (χ1v) is 7.94. The van der Waals surface area contributed by atoms with Crippen LogP contribution in [0.2, 0.25) is 0 Å². The van der Waals surface area contributed by atoms with E-state index in [9.17, 15) is 0 Å². The molecule has 0 aliphatic heterocycles. The first kappa shape index (κ1) is 15.4. The Labute approximate surface area is 121 Å². The second-order valence-corrected chi connectivity index (χ2v) is 5.64. The van der Waals surface area contributed by atoms with Gasteiger partial charge < -0.3 is 15.0 Å². The van der Waals surface area contributed by atoms with Crippen molar-refractivity contribution in [1.82, 2.24) is 10.1 Å². The van der Waals surface area contributed by atoms with Gasteiger partial charge in [0.05, 0.1) is 5.92 Å². The molecule has 0 bridgehead atoms. The Morgan fingerprint density at radius 3 is 2.50 bits per heavy atom. The molecule has 1 aliphatic carbocycles. The molecule has 0 spiro atoms. The van der Waals surface area contributed by atoms with Gasteiger partial charge in [-0.05, 0) is 26.2 Å². The highest BCUT2D eigenvalue weighted by atomic mass is 16.5. The topological polar surface area (TPSA) is 74.2 Å². The van der Waals surface area contributed by atoms with Gasteiger partial charge in [-0.3, -0.25) is 0 Å². The van der Waals surface area contributed by atoms with E-state index in [1.54, 1.807) is 0 Å². The van der Waals surface area contributed by atoms with Crippen LogP contribution in [-0.2, 0) is 10.3 Å². The van der Waals surface area contributed by atoms with E-state index in [0.717, 1.165) is 37.9 Å². The fraction of sp³-hybridized carbons (Fsp3) is 0.867. The smallest absolute Gasteiger partial charge is 0.231 e. The summed E-state index contributed by atoms with van der Waals surface area (Å²) in [6, 6.07) is 0. The van der Waals surface area contributed by atoms with E-state index in [1.165, 1.54) is 12.8 Å². The number of nitrogens with two attached hydrogens (primary N) is 1. The van der Waals surface area contributed by atoms with Crippen LogP contribution in [0.5, 0.6) is 0 Å². The molecule has 0 radical (unpaired) electrons. The number of hydrogen-bond acceptors (Lipinski definition) is 5. The van der Waals surface area contributed by atoms with E-state index in [4.69, 9.17) is 15.0 Å². The molecule has 5 nitrogen and oxygen atoms in total. The fourth-order valence-corrected chi connectivity index (χ4v) is 3.04. The molecule has 0 saturated heterocycles. The third kappa shape index (κ3) is 3.20. The van der Waals surface area contributed by atoms with Gasteiger partial charge in [0, 0.05) is 13.2 Å². The zero-order valence-electron chi connectivity index (χ0n) is 12.7. The Hall–Kier alpha value is -0.940. The van der Waals surface area contributed by atoms with Crippen LogP contribution in [0, 0.1) is 0 Å². The lowest BCUT2D eigenvalue weighted by molar-refractivity contribution is -0.0636. The molecule has 2 rings (SSSR count). The van der Waals surface area contributed by atoms with E-state index in [0.29, 0.717) is 19.0 Å². The van der Waals surface area contributed by atoms with Gasteiger partial charge in [-0.2, -0.15) is 4.98 Å². The van der Waals surface area contributed by atoms with Crippen LogP contribution >= 0.6 is 0 Å². The summed E-state index contributed by atoms with van der Waals surface area (Å²) < 4.78 is 11.5. The maximum atomic E-state index is 6.08. The van der Waals surface area contributed by atoms with Crippen LogP contribution in [0.25, 0.3) is 0 Å². The van der Waals surface area contributed by atoms with Gasteiger partial charge >= 0.3 is 0 Å². The molecule has 1 aliphatic rings. The normalized spacial score (nSPS) is 20.6. The van der Waals surface area contributed by atoms with Crippen molar-refractivity contribution in [2.75, 3.05) is 13.2 Å². The van der Waals surface area contributed by atoms with E-state index in [2.05, 4.69) is 17.1 Å². The predicted molar refractivity (Wildman–Crippen MR) is 77.4 cm³/mol. The molecular formula is C15H27N3O2. The number of nitrogens with zero attached hydrogens (tertiary/aromatic N) is 2. The van der Waals surface area contributed by atoms with Crippen molar-refractivity contribution < 1.29 is 9.26 Å². The third-order valence-corrected chi connectivity index (χ3v) is 4.31. The van der Waals surface area contributed by atoms with Crippen molar-refractivity contribution >= 4 is 0 Å². The maximum Gasteiger partial charge on any atom is 0.231 e. The molecule has 1 aromatic heterocycles.